The zero-order chi connectivity index (χ0) is 20.4. The Morgan fingerprint density at radius 3 is 2.71 bits per heavy atom. The first kappa shape index (κ1) is 19.9. The first-order valence-corrected chi connectivity index (χ1v) is 9.12. The summed E-state index contributed by atoms with van der Waals surface area (Å²) >= 11 is 0. The highest BCUT2D eigenvalue weighted by atomic mass is 19.3. The summed E-state index contributed by atoms with van der Waals surface area (Å²) in [6.07, 6.45) is 5.95. The SMILES string of the molecule is CC[C@@](C)(Cc1ccnc(-c2c[nH]c3ncccc23)n1)C(=O)NCC(C)(F)F. The molecule has 1 amide bonds. The van der Waals surface area contributed by atoms with E-state index in [1.807, 2.05) is 19.1 Å². The number of H-pyrrole nitrogens is 1. The second kappa shape index (κ2) is 7.61. The molecular weight excluding hydrogens is 364 g/mol. The summed E-state index contributed by atoms with van der Waals surface area (Å²) in [5.41, 5.74) is 1.38. The van der Waals surface area contributed by atoms with Crippen LogP contribution < -0.4 is 5.32 Å². The zero-order valence-corrected chi connectivity index (χ0v) is 16.1. The van der Waals surface area contributed by atoms with Crippen LogP contribution in [-0.2, 0) is 11.2 Å². The van der Waals surface area contributed by atoms with Gasteiger partial charge in [0.2, 0.25) is 5.91 Å². The lowest BCUT2D eigenvalue weighted by Crippen LogP contribution is -2.44. The molecule has 0 fully saturated rings. The van der Waals surface area contributed by atoms with Crippen LogP contribution in [-0.4, -0.2) is 38.3 Å². The number of nitrogens with one attached hydrogen (secondary N) is 2. The van der Waals surface area contributed by atoms with Gasteiger partial charge in [-0.25, -0.2) is 23.7 Å². The van der Waals surface area contributed by atoms with Crippen LogP contribution in [0.25, 0.3) is 22.4 Å². The van der Waals surface area contributed by atoms with Gasteiger partial charge < -0.3 is 10.3 Å². The van der Waals surface area contributed by atoms with Crippen LogP contribution in [0.4, 0.5) is 8.78 Å². The lowest BCUT2D eigenvalue weighted by atomic mass is 9.81. The molecule has 148 valence electrons. The Bertz CT molecular complexity index is 982. The van der Waals surface area contributed by atoms with Crippen molar-refractivity contribution in [2.45, 2.75) is 39.5 Å². The number of pyridine rings is 1. The molecule has 1 atom stereocenters. The lowest BCUT2D eigenvalue weighted by molar-refractivity contribution is -0.132. The molecule has 0 spiro atoms. The minimum absolute atomic E-state index is 0.320. The maximum absolute atomic E-state index is 13.1. The average Bonchev–Trinajstić information content (AvgIpc) is 3.09. The highest BCUT2D eigenvalue weighted by Gasteiger charge is 2.34. The van der Waals surface area contributed by atoms with Crippen molar-refractivity contribution >= 4 is 16.9 Å². The summed E-state index contributed by atoms with van der Waals surface area (Å²) in [5, 5.41) is 3.26. The summed E-state index contributed by atoms with van der Waals surface area (Å²) in [5.74, 6) is -2.83. The largest absolute Gasteiger partial charge is 0.350 e. The van der Waals surface area contributed by atoms with Crippen molar-refractivity contribution in [1.82, 2.24) is 25.3 Å². The van der Waals surface area contributed by atoms with Gasteiger partial charge in [-0.1, -0.05) is 13.8 Å². The van der Waals surface area contributed by atoms with Gasteiger partial charge in [0.1, 0.15) is 5.65 Å². The van der Waals surface area contributed by atoms with Gasteiger partial charge in [0.25, 0.3) is 5.92 Å². The topological polar surface area (TPSA) is 83.6 Å². The number of rotatable bonds is 7. The van der Waals surface area contributed by atoms with Gasteiger partial charge in [0.15, 0.2) is 5.82 Å². The number of nitrogens with zero attached hydrogens (tertiary/aromatic N) is 3. The van der Waals surface area contributed by atoms with Crippen LogP contribution >= 0.6 is 0 Å². The van der Waals surface area contributed by atoms with Crippen molar-refractivity contribution in [3.8, 4) is 11.4 Å². The van der Waals surface area contributed by atoms with E-state index in [0.717, 1.165) is 23.5 Å². The molecule has 6 nitrogen and oxygen atoms in total. The third-order valence-electron chi connectivity index (χ3n) is 4.86. The Morgan fingerprint density at radius 1 is 1.21 bits per heavy atom. The van der Waals surface area contributed by atoms with E-state index in [9.17, 15) is 13.6 Å². The summed E-state index contributed by atoms with van der Waals surface area (Å²) in [4.78, 5) is 28.8. The Balaban J connectivity index is 1.84. The summed E-state index contributed by atoms with van der Waals surface area (Å²) < 4.78 is 26.2. The number of hydrogen-bond donors (Lipinski definition) is 2. The molecule has 0 saturated heterocycles. The number of aromatic nitrogens is 4. The standard InChI is InChI=1S/C20H23F2N5O/c1-4-19(2,18(28)26-12-20(3,21)22)10-13-7-9-24-17(27-13)15-11-25-16-14(15)6-5-8-23-16/h5-9,11H,4,10,12H2,1-3H3,(H,23,25)(H,26,28)/t19-/m0/s1. The number of aromatic amines is 1. The number of carbonyl (C=O) groups is 1. The normalized spacial score (nSPS) is 14.0. The molecule has 0 unspecified atom stereocenters. The second-order valence-corrected chi connectivity index (χ2v) is 7.32. The predicted molar refractivity (Wildman–Crippen MR) is 103 cm³/mol. The Labute approximate surface area is 161 Å². The van der Waals surface area contributed by atoms with Crippen LogP contribution in [0, 0.1) is 5.41 Å². The van der Waals surface area contributed by atoms with Crippen molar-refractivity contribution in [2.75, 3.05) is 6.54 Å². The number of hydrogen-bond acceptors (Lipinski definition) is 4. The highest BCUT2D eigenvalue weighted by molar-refractivity contribution is 5.91. The van der Waals surface area contributed by atoms with E-state index in [2.05, 4.69) is 25.3 Å². The van der Waals surface area contributed by atoms with Gasteiger partial charge in [-0.2, -0.15) is 0 Å². The van der Waals surface area contributed by atoms with Gasteiger partial charge in [-0.05, 0) is 24.6 Å². The fourth-order valence-electron chi connectivity index (χ4n) is 2.98. The molecule has 0 saturated carbocycles. The first-order chi connectivity index (χ1) is 13.2. The molecular formula is C20H23F2N5O. The fraction of sp³-hybridized carbons (Fsp3) is 0.400. The summed E-state index contributed by atoms with van der Waals surface area (Å²) in [7, 11) is 0. The smallest absolute Gasteiger partial charge is 0.262 e. The molecule has 3 aromatic rings. The monoisotopic (exact) mass is 387 g/mol. The zero-order valence-electron chi connectivity index (χ0n) is 16.1. The molecule has 0 aromatic carbocycles. The molecule has 0 aliphatic rings. The van der Waals surface area contributed by atoms with E-state index in [0.29, 0.717) is 24.4 Å². The molecule has 3 heterocycles. The average molecular weight is 387 g/mol. The van der Waals surface area contributed by atoms with E-state index >= 15 is 0 Å². The molecule has 0 bridgehead atoms. The quantitative estimate of drug-likeness (QED) is 0.647. The van der Waals surface area contributed by atoms with Gasteiger partial charge in [-0.15, -0.1) is 0 Å². The minimum Gasteiger partial charge on any atom is -0.350 e. The Morgan fingerprint density at radius 2 is 2.00 bits per heavy atom. The van der Waals surface area contributed by atoms with Crippen LogP contribution in [0.3, 0.4) is 0 Å². The van der Waals surface area contributed by atoms with E-state index < -0.39 is 23.8 Å². The highest BCUT2D eigenvalue weighted by Crippen LogP contribution is 2.29. The van der Waals surface area contributed by atoms with Gasteiger partial charge in [-0.3, -0.25) is 4.79 Å². The number of fused-ring (bicyclic) bond motifs is 1. The summed E-state index contributed by atoms with van der Waals surface area (Å²) in [6, 6.07) is 5.51. The Kier molecular flexibility index (Phi) is 5.40. The molecule has 3 aromatic heterocycles. The third kappa shape index (κ3) is 4.32. The first-order valence-electron chi connectivity index (χ1n) is 9.12. The van der Waals surface area contributed by atoms with Crippen LogP contribution in [0.5, 0.6) is 0 Å². The second-order valence-electron chi connectivity index (χ2n) is 7.32. The lowest BCUT2D eigenvalue weighted by Gasteiger charge is -2.27. The van der Waals surface area contributed by atoms with Crippen molar-refractivity contribution in [3.05, 3.63) is 42.5 Å². The summed E-state index contributed by atoms with van der Waals surface area (Å²) in [6.45, 7) is 3.72. The maximum atomic E-state index is 13.1. The fourth-order valence-corrected chi connectivity index (χ4v) is 2.98. The molecule has 0 aliphatic heterocycles. The maximum Gasteiger partial charge on any atom is 0.262 e. The van der Waals surface area contributed by atoms with E-state index in [1.165, 1.54) is 0 Å². The number of halogens is 2. The van der Waals surface area contributed by atoms with Crippen molar-refractivity contribution in [1.29, 1.82) is 0 Å². The van der Waals surface area contributed by atoms with Crippen LogP contribution in [0.15, 0.2) is 36.8 Å². The van der Waals surface area contributed by atoms with E-state index in [-0.39, 0.29) is 0 Å². The van der Waals surface area contributed by atoms with Crippen LogP contribution in [0.2, 0.25) is 0 Å². The molecule has 2 N–H and O–H groups in total. The number of amides is 1. The molecule has 0 radical (unpaired) electrons. The van der Waals surface area contributed by atoms with E-state index in [4.69, 9.17) is 0 Å². The van der Waals surface area contributed by atoms with Crippen LogP contribution in [0.1, 0.15) is 32.9 Å². The van der Waals surface area contributed by atoms with Crippen molar-refractivity contribution in [3.63, 3.8) is 0 Å². The predicted octanol–water partition coefficient (Wildman–Crippen LogP) is 3.75. The van der Waals surface area contributed by atoms with Gasteiger partial charge >= 0.3 is 0 Å². The van der Waals surface area contributed by atoms with Gasteiger partial charge in [0.05, 0.1) is 12.0 Å². The molecule has 28 heavy (non-hydrogen) atoms. The van der Waals surface area contributed by atoms with Gasteiger partial charge in [0, 0.05) is 48.6 Å². The molecule has 8 heteroatoms. The van der Waals surface area contributed by atoms with Crippen molar-refractivity contribution in [2.24, 2.45) is 5.41 Å². The van der Waals surface area contributed by atoms with Crippen molar-refractivity contribution < 1.29 is 13.6 Å². The van der Waals surface area contributed by atoms with E-state index in [1.54, 1.807) is 31.6 Å². The number of carbonyl (C=O) groups excluding carboxylic acids is 1. The molecule has 0 aliphatic carbocycles. The third-order valence-corrected chi connectivity index (χ3v) is 4.86. The Hall–Kier alpha value is -2.90. The molecule has 3 rings (SSSR count). The minimum atomic E-state index is -2.95. The number of alkyl halides is 2.